The summed E-state index contributed by atoms with van der Waals surface area (Å²) in [6, 6.07) is 7.84. The van der Waals surface area contributed by atoms with Crippen molar-refractivity contribution < 1.29 is 14.3 Å². The van der Waals surface area contributed by atoms with Gasteiger partial charge in [-0.3, -0.25) is 4.90 Å². The molecule has 6 nitrogen and oxygen atoms in total. The van der Waals surface area contributed by atoms with Crippen molar-refractivity contribution in [1.29, 1.82) is 0 Å². The van der Waals surface area contributed by atoms with Gasteiger partial charge in [-0.25, -0.2) is 9.59 Å². The van der Waals surface area contributed by atoms with E-state index in [1.54, 1.807) is 4.90 Å². The molecule has 1 saturated heterocycles. The Morgan fingerprint density at radius 1 is 1.21 bits per heavy atom. The summed E-state index contributed by atoms with van der Waals surface area (Å²) < 4.78 is 5.34. The first kappa shape index (κ1) is 16.6. The third-order valence-electron chi connectivity index (χ3n) is 4.65. The number of ether oxygens (including phenoxy) is 1. The number of aryl methyl sites for hydroxylation is 1. The lowest BCUT2D eigenvalue weighted by molar-refractivity contribution is 0.140. The van der Waals surface area contributed by atoms with Gasteiger partial charge < -0.3 is 15.4 Å². The predicted molar refractivity (Wildman–Crippen MR) is 92.2 cm³/mol. The largest absolute Gasteiger partial charge is 0.442 e. The maximum atomic E-state index is 12.0. The molecule has 0 aromatic heterocycles. The van der Waals surface area contributed by atoms with E-state index in [-0.39, 0.29) is 24.3 Å². The van der Waals surface area contributed by atoms with Crippen molar-refractivity contribution in [3.8, 4) is 0 Å². The molecule has 1 saturated carbocycles. The molecule has 1 aromatic carbocycles. The van der Waals surface area contributed by atoms with Crippen molar-refractivity contribution in [2.24, 2.45) is 0 Å². The minimum absolute atomic E-state index is 0.174. The van der Waals surface area contributed by atoms with Crippen LogP contribution in [0.15, 0.2) is 24.3 Å². The average Bonchev–Trinajstić information content (AvgIpc) is 2.95. The molecule has 0 radical (unpaired) electrons. The number of urea groups is 1. The van der Waals surface area contributed by atoms with Gasteiger partial charge in [0.15, 0.2) is 0 Å². The van der Waals surface area contributed by atoms with Crippen molar-refractivity contribution in [2.75, 3.05) is 18.0 Å². The monoisotopic (exact) mass is 331 g/mol. The highest BCUT2D eigenvalue weighted by molar-refractivity contribution is 5.89. The third-order valence-corrected chi connectivity index (χ3v) is 4.65. The lowest BCUT2D eigenvalue weighted by atomic mass is 9.96. The van der Waals surface area contributed by atoms with E-state index in [4.69, 9.17) is 4.74 Å². The quantitative estimate of drug-likeness (QED) is 0.891. The fourth-order valence-electron chi connectivity index (χ4n) is 3.25. The third kappa shape index (κ3) is 4.19. The minimum Gasteiger partial charge on any atom is -0.442 e. The molecule has 1 heterocycles. The molecule has 3 amide bonds. The Labute approximate surface area is 142 Å². The van der Waals surface area contributed by atoms with E-state index >= 15 is 0 Å². The van der Waals surface area contributed by atoms with E-state index in [1.807, 2.05) is 31.2 Å². The van der Waals surface area contributed by atoms with Gasteiger partial charge in [0.25, 0.3) is 0 Å². The van der Waals surface area contributed by atoms with Gasteiger partial charge in [-0.15, -0.1) is 0 Å². The summed E-state index contributed by atoms with van der Waals surface area (Å²) in [5.41, 5.74) is 1.96. The molecule has 2 fully saturated rings. The van der Waals surface area contributed by atoms with Crippen molar-refractivity contribution >= 4 is 17.8 Å². The summed E-state index contributed by atoms with van der Waals surface area (Å²) in [6.07, 6.45) is 5.02. The fourth-order valence-corrected chi connectivity index (χ4v) is 3.25. The summed E-state index contributed by atoms with van der Waals surface area (Å²) in [5, 5.41) is 5.82. The maximum Gasteiger partial charge on any atom is 0.414 e. The lowest BCUT2D eigenvalue weighted by Crippen LogP contribution is -2.45. The molecule has 1 atom stereocenters. The van der Waals surface area contributed by atoms with Crippen molar-refractivity contribution in [3.05, 3.63) is 29.8 Å². The molecule has 130 valence electrons. The summed E-state index contributed by atoms with van der Waals surface area (Å²) in [5.74, 6) is 0. The van der Waals surface area contributed by atoms with Gasteiger partial charge in [-0.2, -0.15) is 0 Å². The number of hydrogen-bond acceptors (Lipinski definition) is 3. The van der Waals surface area contributed by atoms with Crippen molar-refractivity contribution in [1.82, 2.24) is 10.6 Å². The maximum absolute atomic E-state index is 12.0. The molecule has 2 N–H and O–H groups in total. The molecule has 6 heteroatoms. The zero-order valence-corrected chi connectivity index (χ0v) is 14.1. The smallest absolute Gasteiger partial charge is 0.414 e. The topological polar surface area (TPSA) is 70.7 Å². The van der Waals surface area contributed by atoms with Crippen LogP contribution in [0.4, 0.5) is 15.3 Å². The number of anilines is 1. The van der Waals surface area contributed by atoms with Crippen LogP contribution in [0, 0.1) is 6.92 Å². The van der Waals surface area contributed by atoms with E-state index in [9.17, 15) is 9.59 Å². The van der Waals surface area contributed by atoms with Crippen molar-refractivity contribution in [3.63, 3.8) is 0 Å². The van der Waals surface area contributed by atoms with Gasteiger partial charge in [0.05, 0.1) is 13.1 Å². The molecule has 2 aliphatic rings. The highest BCUT2D eigenvalue weighted by atomic mass is 16.6. The van der Waals surface area contributed by atoms with Crippen LogP contribution in [-0.2, 0) is 4.74 Å². The molecule has 1 aromatic rings. The second kappa shape index (κ2) is 7.55. The van der Waals surface area contributed by atoms with Crippen LogP contribution in [0.25, 0.3) is 0 Å². The SMILES string of the molecule is Cc1ccc(N2C[C@@H](CNC(=O)NC3CCCCC3)OC2=O)cc1. The molecule has 0 unspecified atom stereocenters. The fraction of sp³-hybridized carbons (Fsp3) is 0.556. The lowest BCUT2D eigenvalue weighted by Gasteiger charge is -2.23. The van der Waals surface area contributed by atoms with Crippen LogP contribution < -0.4 is 15.5 Å². The minimum atomic E-state index is -0.363. The van der Waals surface area contributed by atoms with E-state index < -0.39 is 0 Å². The highest BCUT2D eigenvalue weighted by Crippen LogP contribution is 2.22. The van der Waals surface area contributed by atoms with Gasteiger partial charge in [-0.1, -0.05) is 37.0 Å². The van der Waals surface area contributed by atoms with Crippen LogP contribution in [0.5, 0.6) is 0 Å². The van der Waals surface area contributed by atoms with Crippen molar-refractivity contribution in [2.45, 2.75) is 51.2 Å². The van der Waals surface area contributed by atoms with E-state index in [0.717, 1.165) is 24.1 Å². The molecule has 0 spiro atoms. The Balaban J connectivity index is 1.45. The van der Waals surface area contributed by atoms with Crippen LogP contribution in [0.2, 0.25) is 0 Å². The highest BCUT2D eigenvalue weighted by Gasteiger charge is 2.32. The number of carbonyl (C=O) groups is 2. The molecule has 1 aliphatic heterocycles. The number of hydrogen-bond donors (Lipinski definition) is 2. The Kier molecular flexibility index (Phi) is 5.23. The normalized spacial score (nSPS) is 21.5. The Bertz CT molecular complexity index is 582. The first-order chi connectivity index (χ1) is 11.6. The van der Waals surface area contributed by atoms with Gasteiger partial charge in [0.1, 0.15) is 6.10 Å². The first-order valence-corrected chi connectivity index (χ1v) is 8.71. The number of benzene rings is 1. The second-order valence-corrected chi connectivity index (χ2v) is 6.64. The summed E-state index contributed by atoms with van der Waals surface area (Å²) in [4.78, 5) is 25.6. The second-order valence-electron chi connectivity index (χ2n) is 6.64. The van der Waals surface area contributed by atoms with Gasteiger partial charge in [0.2, 0.25) is 0 Å². The zero-order valence-electron chi connectivity index (χ0n) is 14.1. The summed E-state index contributed by atoms with van der Waals surface area (Å²) in [7, 11) is 0. The number of cyclic esters (lactones) is 1. The van der Waals surface area contributed by atoms with E-state index in [1.165, 1.54) is 19.3 Å². The van der Waals surface area contributed by atoms with Crippen LogP contribution in [-0.4, -0.2) is 37.4 Å². The Hall–Kier alpha value is -2.24. The molecule has 3 rings (SSSR count). The Morgan fingerprint density at radius 2 is 1.92 bits per heavy atom. The number of carbonyl (C=O) groups excluding carboxylic acids is 2. The zero-order chi connectivity index (χ0) is 16.9. The van der Waals surface area contributed by atoms with Crippen LogP contribution in [0.1, 0.15) is 37.7 Å². The van der Waals surface area contributed by atoms with Crippen LogP contribution in [0.3, 0.4) is 0 Å². The first-order valence-electron chi connectivity index (χ1n) is 8.71. The number of amides is 3. The van der Waals surface area contributed by atoms with Gasteiger partial charge >= 0.3 is 12.1 Å². The number of rotatable bonds is 4. The van der Waals surface area contributed by atoms with E-state index in [0.29, 0.717) is 13.1 Å². The standard InChI is InChI=1S/C18H25N3O3/c1-13-7-9-15(10-8-13)21-12-16(24-18(21)23)11-19-17(22)20-14-5-3-2-4-6-14/h7-10,14,16H,2-6,11-12H2,1H3,(H2,19,20,22)/t16-/m1/s1. The summed E-state index contributed by atoms with van der Waals surface area (Å²) >= 11 is 0. The number of nitrogens with one attached hydrogen (secondary N) is 2. The summed E-state index contributed by atoms with van der Waals surface area (Å²) in [6.45, 7) is 2.78. The van der Waals surface area contributed by atoms with E-state index in [2.05, 4.69) is 10.6 Å². The molecule has 1 aliphatic carbocycles. The van der Waals surface area contributed by atoms with Gasteiger partial charge in [-0.05, 0) is 31.9 Å². The molecular formula is C18H25N3O3. The average molecular weight is 331 g/mol. The molecule has 24 heavy (non-hydrogen) atoms. The van der Waals surface area contributed by atoms with Gasteiger partial charge in [0, 0.05) is 11.7 Å². The number of nitrogens with zero attached hydrogens (tertiary/aromatic N) is 1. The molecule has 0 bridgehead atoms. The predicted octanol–water partition coefficient (Wildman–Crippen LogP) is 2.95. The van der Waals surface area contributed by atoms with Crippen LogP contribution >= 0.6 is 0 Å². The molecular weight excluding hydrogens is 306 g/mol. The Morgan fingerprint density at radius 3 is 2.62 bits per heavy atom.